The van der Waals surface area contributed by atoms with Crippen molar-refractivity contribution in [2.24, 2.45) is 0 Å². The Morgan fingerprint density at radius 2 is 1.84 bits per heavy atom. The van der Waals surface area contributed by atoms with Gasteiger partial charge in [0.25, 0.3) is 5.56 Å². The number of aliphatic hydroxyl groups excluding tert-OH is 1. The van der Waals surface area contributed by atoms with Gasteiger partial charge < -0.3 is 14.6 Å². The third kappa shape index (κ3) is 6.32. The van der Waals surface area contributed by atoms with E-state index in [4.69, 9.17) is 21.1 Å². The van der Waals surface area contributed by atoms with Crippen LogP contribution in [0.3, 0.4) is 0 Å². The molecule has 0 aliphatic rings. The van der Waals surface area contributed by atoms with Crippen molar-refractivity contribution in [3.8, 4) is 17.2 Å². The quantitative estimate of drug-likeness (QED) is 0.465. The van der Waals surface area contributed by atoms with Crippen molar-refractivity contribution >= 4 is 11.6 Å². The topological polar surface area (TPSA) is 76.8 Å². The number of halogens is 1. The Balaban J connectivity index is 1.60. The fraction of sp³-hybridized carbons (Fsp3) is 0.333. The summed E-state index contributed by atoms with van der Waals surface area (Å²) in [7, 11) is 0. The Morgan fingerprint density at radius 3 is 2.44 bits per heavy atom. The van der Waals surface area contributed by atoms with Crippen LogP contribution in [0.1, 0.15) is 26.5 Å². The molecule has 0 saturated carbocycles. The van der Waals surface area contributed by atoms with Crippen LogP contribution in [-0.2, 0) is 6.61 Å². The van der Waals surface area contributed by atoms with Crippen molar-refractivity contribution in [2.45, 2.75) is 39.6 Å². The summed E-state index contributed by atoms with van der Waals surface area (Å²) < 4.78 is 13.0. The van der Waals surface area contributed by atoms with Crippen molar-refractivity contribution in [3.63, 3.8) is 0 Å². The lowest BCUT2D eigenvalue weighted by molar-refractivity contribution is -0.0150. The van der Waals surface area contributed by atoms with Gasteiger partial charge in [-0.1, -0.05) is 18.5 Å². The van der Waals surface area contributed by atoms with Crippen LogP contribution in [0.15, 0.2) is 65.7 Å². The molecule has 3 rings (SSSR count). The molecule has 0 spiro atoms. The van der Waals surface area contributed by atoms with E-state index in [2.05, 4.69) is 4.98 Å². The van der Waals surface area contributed by atoms with E-state index in [1.54, 1.807) is 37.5 Å². The van der Waals surface area contributed by atoms with Crippen molar-refractivity contribution in [2.75, 3.05) is 13.2 Å². The number of hydrogen-bond acceptors (Lipinski definition) is 6. The summed E-state index contributed by atoms with van der Waals surface area (Å²) in [6.45, 7) is 7.19. The zero-order valence-electron chi connectivity index (χ0n) is 18.4. The molecule has 0 fully saturated rings. The molecule has 1 unspecified atom stereocenters. The lowest BCUT2D eigenvalue weighted by Crippen LogP contribution is -2.43. The molecule has 2 aromatic heterocycles. The number of aliphatic hydroxyl groups is 1. The van der Waals surface area contributed by atoms with E-state index >= 15 is 0 Å². The van der Waals surface area contributed by atoms with Gasteiger partial charge in [-0.05, 0) is 62.9 Å². The third-order valence-electron chi connectivity index (χ3n) is 5.08. The second kappa shape index (κ2) is 11.1. The van der Waals surface area contributed by atoms with Crippen LogP contribution in [-0.4, -0.2) is 45.0 Å². The largest absolute Gasteiger partial charge is 0.492 e. The monoisotopic (exact) mass is 457 g/mol. The van der Waals surface area contributed by atoms with Gasteiger partial charge in [0.2, 0.25) is 0 Å². The number of likely N-dealkylation sites (N-methyl/N-ethyl adjacent to an activating group) is 1. The van der Waals surface area contributed by atoms with Crippen LogP contribution in [0.25, 0.3) is 5.69 Å². The summed E-state index contributed by atoms with van der Waals surface area (Å²) >= 11 is 5.83. The lowest BCUT2D eigenvalue weighted by atomic mass is 10.2. The van der Waals surface area contributed by atoms with Crippen LogP contribution >= 0.6 is 11.6 Å². The molecule has 2 heterocycles. The molecule has 8 heteroatoms. The molecule has 7 nitrogen and oxygen atoms in total. The van der Waals surface area contributed by atoms with Gasteiger partial charge in [-0.25, -0.2) is 0 Å². The Morgan fingerprint density at radius 1 is 1.09 bits per heavy atom. The first kappa shape index (κ1) is 23.8. The molecule has 32 heavy (non-hydrogen) atoms. The summed E-state index contributed by atoms with van der Waals surface area (Å²) in [6, 6.07) is 14.1. The summed E-state index contributed by atoms with van der Waals surface area (Å²) in [6.07, 6.45) is 2.70. The van der Waals surface area contributed by atoms with E-state index < -0.39 is 6.23 Å². The predicted molar refractivity (Wildman–Crippen MR) is 125 cm³/mol. The number of benzene rings is 1. The SMILES string of the molecule is CCN(C(C)O)[C@@H](C)COc1ccc(-n2ccc(OCc3ccc(Cl)cn3)cc2=O)cc1. The summed E-state index contributed by atoms with van der Waals surface area (Å²) in [5, 5.41) is 10.4. The van der Waals surface area contributed by atoms with E-state index in [0.717, 1.165) is 17.9 Å². The molecule has 2 atom stereocenters. The van der Waals surface area contributed by atoms with Gasteiger partial charge in [-0.15, -0.1) is 0 Å². The van der Waals surface area contributed by atoms with Crippen molar-refractivity contribution in [3.05, 3.63) is 82.0 Å². The standard InChI is InChI=1S/C24H28ClN3O4/c1-4-27(18(3)29)17(2)15-31-22-9-7-21(8-10-22)28-12-11-23(13-24(28)30)32-16-20-6-5-19(25)14-26-20/h5-14,17-18,29H,4,15-16H2,1-3H3/t17-,18?/m0/s1. The van der Waals surface area contributed by atoms with Gasteiger partial charge in [0.15, 0.2) is 0 Å². The number of nitrogens with zero attached hydrogens (tertiary/aromatic N) is 3. The number of ether oxygens (including phenoxy) is 2. The van der Waals surface area contributed by atoms with Crippen LogP contribution in [0.4, 0.5) is 0 Å². The van der Waals surface area contributed by atoms with Crippen molar-refractivity contribution < 1.29 is 14.6 Å². The minimum atomic E-state index is -0.526. The first-order chi connectivity index (χ1) is 15.4. The van der Waals surface area contributed by atoms with Crippen LogP contribution in [0.5, 0.6) is 11.5 Å². The maximum Gasteiger partial charge on any atom is 0.258 e. The molecular weight excluding hydrogens is 430 g/mol. The number of pyridine rings is 2. The maximum atomic E-state index is 12.6. The molecule has 0 bridgehead atoms. The van der Waals surface area contributed by atoms with E-state index in [-0.39, 0.29) is 18.2 Å². The van der Waals surface area contributed by atoms with Crippen LogP contribution in [0.2, 0.25) is 5.02 Å². The summed E-state index contributed by atoms with van der Waals surface area (Å²) in [5.41, 5.74) is 1.24. The molecule has 1 aromatic carbocycles. The Hall–Kier alpha value is -2.87. The van der Waals surface area contributed by atoms with E-state index in [1.165, 1.54) is 10.6 Å². The molecule has 0 aliphatic heterocycles. The van der Waals surface area contributed by atoms with Crippen molar-refractivity contribution in [1.29, 1.82) is 0 Å². The highest BCUT2D eigenvalue weighted by molar-refractivity contribution is 6.30. The fourth-order valence-corrected chi connectivity index (χ4v) is 3.48. The highest BCUT2D eigenvalue weighted by Crippen LogP contribution is 2.17. The number of hydrogen-bond donors (Lipinski definition) is 1. The van der Waals surface area contributed by atoms with Gasteiger partial charge in [-0.3, -0.25) is 19.2 Å². The summed E-state index contributed by atoms with van der Waals surface area (Å²) in [5.74, 6) is 1.17. The second-order valence-corrected chi connectivity index (χ2v) is 7.88. The molecule has 3 aromatic rings. The average Bonchev–Trinajstić information content (AvgIpc) is 2.78. The van der Waals surface area contributed by atoms with Gasteiger partial charge in [0.1, 0.15) is 30.9 Å². The molecule has 1 N–H and O–H groups in total. The maximum absolute atomic E-state index is 12.6. The molecule has 0 aliphatic carbocycles. The molecule has 170 valence electrons. The molecule has 0 radical (unpaired) electrons. The lowest BCUT2D eigenvalue weighted by Gasteiger charge is -2.30. The zero-order chi connectivity index (χ0) is 23.1. The van der Waals surface area contributed by atoms with Crippen molar-refractivity contribution in [1.82, 2.24) is 14.5 Å². The molecular formula is C24H28ClN3O4. The Bertz CT molecular complexity index is 1050. The molecule has 0 saturated heterocycles. The normalized spacial score (nSPS) is 13.1. The Kier molecular flexibility index (Phi) is 8.27. The van der Waals surface area contributed by atoms with Crippen LogP contribution in [0, 0.1) is 0 Å². The first-order valence-corrected chi connectivity index (χ1v) is 10.9. The van der Waals surface area contributed by atoms with Gasteiger partial charge in [0, 0.05) is 30.2 Å². The van der Waals surface area contributed by atoms with E-state index in [9.17, 15) is 9.90 Å². The minimum absolute atomic E-state index is 0.0675. The van der Waals surface area contributed by atoms with E-state index in [0.29, 0.717) is 23.1 Å². The molecule has 0 amide bonds. The minimum Gasteiger partial charge on any atom is -0.492 e. The van der Waals surface area contributed by atoms with Crippen LogP contribution < -0.4 is 15.0 Å². The Labute approximate surface area is 192 Å². The van der Waals surface area contributed by atoms with E-state index in [1.807, 2.05) is 43.0 Å². The van der Waals surface area contributed by atoms with Gasteiger partial charge in [-0.2, -0.15) is 0 Å². The first-order valence-electron chi connectivity index (χ1n) is 10.5. The smallest absolute Gasteiger partial charge is 0.258 e. The fourth-order valence-electron chi connectivity index (χ4n) is 3.37. The number of aromatic nitrogens is 2. The van der Waals surface area contributed by atoms with Gasteiger partial charge >= 0.3 is 0 Å². The highest BCUT2D eigenvalue weighted by Gasteiger charge is 2.17. The average molecular weight is 458 g/mol. The second-order valence-electron chi connectivity index (χ2n) is 7.44. The number of rotatable bonds is 10. The predicted octanol–water partition coefficient (Wildman–Crippen LogP) is 3.89. The zero-order valence-corrected chi connectivity index (χ0v) is 19.2. The summed E-state index contributed by atoms with van der Waals surface area (Å²) in [4.78, 5) is 18.7. The highest BCUT2D eigenvalue weighted by atomic mass is 35.5. The van der Waals surface area contributed by atoms with Gasteiger partial charge in [0.05, 0.1) is 10.7 Å². The third-order valence-corrected chi connectivity index (χ3v) is 5.31.